The standard InChI is InChI=1S/C42H80N2O8/c1-3-5-7-9-11-13-15-17-18-19-20-22-24-26-28-30-37(47)44(33-29-27-25-23-21-16-14-12-10-8-6-4-2)42-39(43-36(46)31-32-38(48)49)41(51)40(50)35(34-45)52-42/h35,39-42,45,50-51H,3-34H2,1-2H3,(H,43,46)(H,48,49)/t35-,39+,40-,41-,42-/m1/s1. The highest BCUT2D eigenvalue weighted by Gasteiger charge is 2.48. The maximum atomic E-state index is 13.8. The summed E-state index contributed by atoms with van der Waals surface area (Å²) in [5.41, 5.74) is 0. The van der Waals surface area contributed by atoms with E-state index in [1.54, 1.807) is 4.90 Å². The third-order valence-electron chi connectivity index (χ3n) is 10.7. The zero-order chi connectivity index (χ0) is 38.2. The Morgan fingerprint density at radius 1 is 0.558 bits per heavy atom. The molecule has 5 atom stereocenters. The first-order chi connectivity index (χ1) is 25.3. The molecular weight excluding hydrogens is 660 g/mol. The molecule has 1 rings (SSSR count). The lowest BCUT2D eigenvalue weighted by Gasteiger charge is -2.47. The molecule has 1 heterocycles. The summed E-state index contributed by atoms with van der Waals surface area (Å²) >= 11 is 0. The second-order valence-electron chi connectivity index (χ2n) is 15.4. The number of nitrogens with zero attached hydrogens (tertiary/aromatic N) is 1. The second kappa shape index (κ2) is 32.7. The van der Waals surface area contributed by atoms with E-state index in [0.717, 1.165) is 51.4 Å². The van der Waals surface area contributed by atoms with Crippen LogP contribution in [0.3, 0.4) is 0 Å². The molecule has 1 fully saturated rings. The fourth-order valence-electron chi connectivity index (χ4n) is 7.31. The van der Waals surface area contributed by atoms with Gasteiger partial charge < -0.3 is 35.4 Å². The van der Waals surface area contributed by atoms with Gasteiger partial charge in [0.15, 0.2) is 6.23 Å². The van der Waals surface area contributed by atoms with Crippen LogP contribution in [0.4, 0.5) is 0 Å². The van der Waals surface area contributed by atoms with Gasteiger partial charge in [0.25, 0.3) is 0 Å². The third-order valence-corrected chi connectivity index (χ3v) is 10.7. The highest BCUT2D eigenvalue weighted by atomic mass is 16.5. The highest BCUT2D eigenvalue weighted by molar-refractivity contribution is 5.81. The minimum absolute atomic E-state index is 0.146. The summed E-state index contributed by atoms with van der Waals surface area (Å²) in [7, 11) is 0. The van der Waals surface area contributed by atoms with Gasteiger partial charge in [-0.1, -0.05) is 174 Å². The number of aliphatic hydroxyl groups is 3. The van der Waals surface area contributed by atoms with Crippen LogP contribution in [0.25, 0.3) is 0 Å². The van der Waals surface area contributed by atoms with Crippen molar-refractivity contribution in [3.63, 3.8) is 0 Å². The number of amides is 2. The van der Waals surface area contributed by atoms with Crippen LogP contribution in [0.1, 0.15) is 206 Å². The number of hydrogen-bond donors (Lipinski definition) is 5. The van der Waals surface area contributed by atoms with Crippen LogP contribution >= 0.6 is 0 Å². The number of nitrogens with one attached hydrogen (secondary N) is 1. The Kier molecular flexibility index (Phi) is 30.3. The molecule has 10 nitrogen and oxygen atoms in total. The molecule has 1 aliphatic heterocycles. The Morgan fingerprint density at radius 3 is 1.37 bits per heavy atom. The summed E-state index contributed by atoms with van der Waals surface area (Å²) in [6, 6.07) is -1.17. The summed E-state index contributed by atoms with van der Waals surface area (Å²) in [5, 5.41) is 43.3. The molecule has 52 heavy (non-hydrogen) atoms. The summed E-state index contributed by atoms with van der Waals surface area (Å²) in [6.45, 7) is 4.29. The molecule has 0 spiro atoms. The van der Waals surface area contributed by atoms with Gasteiger partial charge >= 0.3 is 5.97 Å². The van der Waals surface area contributed by atoms with Crippen LogP contribution in [0.15, 0.2) is 0 Å². The van der Waals surface area contributed by atoms with Gasteiger partial charge in [-0.3, -0.25) is 14.4 Å². The Balaban J connectivity index is 2.65. The van der Waals surface area contributed by atoms with Crippen molar-refractivity contribution in [2.75, 3.05) is 13.2 Å². The van der Waals surface area contributed by atoms with Gasteiger partial charge in [0.05, 0.1) is 13.0 Å². The molecule has 2 amide bonds. The summed E-state index contributed by atoms with van der Waals surface area (Å²) in [4.78, 5) is 39.1. The predicted molar refractivity (Wildman–Crippen MR) is 209 cm³/mol. The first kappa shape index (κ1) is 48.3. The molecule has 0 aromatic carbocycles. The number of aliphatic hydroxyl groups excluding tert-OH is 3. The van der Waals surface area contributed by atoms with E-state index >= 15 is 0 Å². The zero-order valence-electron chi connectivity index (χ0n) is 33.4. The third kappa shape index (κ3) is 23.1. The minimum Gasteiger partial charge on any atom is -0.481 e. The van der Waals surface area contributed by atoms with Gasteiger partial charge in [-0.2, -0.15) is 0 Å². The summed E-state index contributed by atoms with van der Waals surface area (Å²) < 4.78 is 6.04. The van der Waals surface area contributed by atoms with Crippen molar-refractivity contribution in [1.29, 1.82) is 0 Å². The van der Waals surface area contributed by atoms with Crippen molar-refractivity contribution in [3.8, 4) is 0 Å². The van der Waals surface area contributed by atoms with Crippen LogP contribution in [0, 0.1) is 0 Å². The fourth-order valence-corrected chi connectivity index (χ4v) is 7.31. The fraction of sp³-hybridized carbons (Fsp3) is 0.929. The van der Waals surface area contributed by atoms with Crippen LogP contribution in [0.2, 0.25) is 0 Å². The lowest BCUT2D eigenvalue weighted by molar-refractivity contribution is -0.231. The van der Waals surface area contributed by atoms with Gasteiger partial charge in [-0.25, -0.2) is 0 Å². The molecule has 0 bridgehead atoms. The average molecular weight is 741 g/mol. The largest absolute Gasteiger partial charge is 0.481 e. The van der Waals surface area contributed by atoms with Crippen molar-refractivity contribution < 1.29 is 39.5 Å². The SMILES string of the molecule is CCCCCCCCCCCCCCCCCC(=O)N(CCCCCCCCCCCCCC)[C@@H]1O[C@H](CO)[C@@H](O)[C@H](O)[C@@H]1NC(=O)CCC(=O)O. The van der Waals surface area contributed by atoms with Gasteiger partial charge in [-0.05, 0) is 12.8 Å². The molecule has 1 aliphatic rings. The summed E-state index contributed by atoms with van der Waals surface area (Å²) in [5.74, 6) is -1.89. The first-order valence-electron chi connectivity index (χ1n) is 21.7. The smallest absolute Gasteiger partial charge is 0.303 e. The van der Waals surface area contributed by atoms with E-state index in [4.69, 9.17) is 9.84 Å². The molecule has 306 valence electrons. The van der Waals surface area contributed by atoms with Gasteiger partial charge in [0, 0.05) is 19.4 Å². The molecule has 0 aromatic heterocycles. The number of carbonyl (C=O) groups is 3. The highest BCUT2D eigenvalue weighted by Crippen LogP contribution is 2.26. The topological polar surface area (TPSA) is 157 Å². The summed E-state index contributed by atoms with van der Waals surface area (Å²) in [6.07, 6.45) is 27.0. The van der Waals surface area contributed by atoms with E-state index < -0.39 is 49.1 Å². The van der Waals surface area contributed by atoms with Crippen molar-refractivity contribution in [1.82, 2.24) is 10.2 Å². The van der Waals surface area contributed by atoms with E-state index in [2.05, 4.69) is 19.2 Å². The van der Waals surface area contributed by atoms with Crippen molar-refractivity contribution in [2.45, 2.75) is 237 Å². The molecule has 10 heteroatoms. The van der Waals surface area contributed by atoms with E-state index in [-0.39, 0.29) is 18.7 Å². The number of ether oxygens (including phenoxy) is 1. The Bertz CT molecular complexity index is 890. The van der Waals surface area contributed by atoms with E-state index in [1.807, 2.05) is 0 Å². The molecule has 0 radical (unpaired) electrons. The lowest BCUT2D eigenvalue weighted by atomic mass is 9.94. The van der Waals surface area contributed by atoms with E-state index in [9.17, 15) is 29.7 Å². The molecule has 0 aromatic rings. The number of carboxylic acid groups (broad SMARTS) is 1. The quantitative estimate of drug-likeness (QED) is 0.0405. The van der Waals surface area contributed by atoms with Crippen LogP contribution in [0.5, 0.6) is 0 Å². The lowest BCUT2D eigenvalue weighted by Crippen LogP contribution is -2.68. The van der Waals surface area contributed by atoms with Gasteiger partial charge in [0.1, 0.15) is 24.4 Å². The number of aliphatic carboxylic acids is 1. The van der Waals surface area contributed by atoms with E-state index in [0.29, 0.717) is 13.0 Å². The van der Waals surface area contributed by atoms with E-state index in [1.165, 1.54) is 122 Å². The predicted octanol–water partition coefficient (Wildman–Crippen LogP) is 8.57. The van der Waals surface area contributed by atoms with Crippen molar-refractivity contribution in [3.05, 3.63) is 0 Å². The van der Waals surface area contributed by atoms with Gasteiger partial charge in [-0.15, -0.1) is 0 Å². The minimum atomic E-state index is -1.51. The number of unbranched alkanes of at least 4 members (excludes halogenated alkanes) is 25. The maximum Gasteiger partial charge on any atom is 0.303 e. The molecule has 5 N–H and O–H groups in total. The normalized spacial score (nSPS) is 20.2. The molecule has 0 aliphatic carbocycles. The van der Waals surface area contributed by atoms with Crippen LogP contribution in [-0.2, 0) is 19.1 Å². The number of hydrogen-bond acceptors (Lipinski definition) is 7. The zero-order valence-corrected chi connectivity index (χ0v) is 33.4. The monoisotopic (exact) mass is 741 g/mol. The second-order valence-corrected chi connectivity index (χ2v) is 15.4. The maximum absolute atomic E-state index is 13.8. The molecule has 1 saturated heterocycles. The first-order valence-corrected chi connectivity index (χ1v) is 21.7. The molecule has 0 saturated carbocycles. The number of carbonyl (C=O) groups excluding carboxylic acids is 2. The molecule has 0 unspecified atom stereocenters. The number of rotatable bonds is 35. The Labute approximate surface area is 317 Å². The van der Waals surface area contributed by atoms with Crippen molar-refractivity contribution >= 4 is 17.8 Å². The molecular formula is C42H80N2O8. The Morgan fingerprint density at radius 2 is 0.962 bits per heavy atom. The van der Waals surface area contributed by atoms with Crippen molar-refractivity contribution in [2.24, 2.45) is 0 Å². The number of carboxylic acids is 1. The van der Waals surface area contributed by atoms with Gasteiger partial charge in [0.2, 0.25) is 11.8 Å². The van der Waals surface area contributed by atoms with Crippen LogP contribution in [-0.4, -0.2) is 86.8 Å². The Hall–Kier alpha value is -1.75. The average Bonchev–Trinajstić information content (AvgIpc) is 3.13. The van der Waals surface area contributed by atoms with Crippen LogP contribution < -0.4 is 5.32 Å².